The highest BCUT2D eigenvalue weighted by Gasteiger charge is 2.21. The van der Waals surface area contributed by atoms with Gasteiger partial charge in [0.2, 0.25) is 5.91 Å². The fourth-order valence-corrected chi connectivity index (χ4v) is 3.63. The summed E-state index contributed by atoms with van der Waals surface area (Å²) in [5, 5.41) is 10.7. The Hall–Kier alpha value is -2.14. The Morgan fingerprint density at radius 2 is 1.91 bits per heavy atom. The summed E-state index contributed by atoms with van der Waals surface area (Å²) in [4.78, 5) is 20.8. The zero-order chi connectivity index (χ0) is 22.2. The number of carbonyl (C=O) groups is 1. The molecule has 1 amide bonds. The highest BCUT2D eigenvalue weighted by molar-refractivity contribution is 14.0. The average Bonchev–Trinajstić information content (AvgIpc) is 3.09. The molecule has 1 saturated heterocycles. The number of aliphatic imine (C=N–C) groups is 1. The maximum absolute atomic E-state index is 12.0. The first kappa shape index (κ1) is 26.1. The summed E-state index contributed by atoms with van der Waals surface area (Å²) in [7, 11) is 3.50. The van der Waals surface area contributed by atoms with Gasteiger partial charge in [-0.15, -0.1) is 24.0 Å². The Labute approximate surface area is 207 Å². The molecule has 2 N–H and O–H groups in total. The van der Waals surface area contributed by atoms with E-state index in [2.05, 4.69) is 51.0 Å². The molecule has 1 aromatic heterocycles. The van der Waals surface area contributed by atoms with Crippen LogP contribution in [-0.2, 0) is 17.9 Å². The second kappa shape index (κ2) is 12.8. The Kier molecular flexibility index (Phi) is 10.4. The number of nitrogens with zero attached hydrogens (tertiary/aromatic N) is 4. The van der Waals surface area contributed by atoms with E-state index in [0.29, 0.717) is 18.5 Å². The van der Waals surface area contributed by atoms with E-state index in [9.17, 15) is 4.79 Å². The first-order valence-electron chi connectivity index (χ1n) is 10.9. The number of hydrogen-bond acceptors (Lipinski definition) is 5. The molecule has 1 aliphatic heterocycles. The van der Waals surface area contributed by atoms with Crippen molar-refractivity contribution in [3.8, 4) is 0 Å². The van der Waals surface area contributed by atoms with E-state index in [4.69, 9.17) is 9.52 Å². The van der Waals surface area contributed by atoms with Gasteiger partial charge in [0.25, 0.3) is 0 Å². The van der Waals surface area contributed by atoms with Crippen molar-refractivity contribution in [3.05, 3.63) is 52.9 Å². The molecule has 1 aliphatic rings. The molecule has 32 heavy (non-hydrogen) atoms. The van der Waals surface area contributed by atoms with E-state index in [-0.39, 0.29) is 36.4 Å². The van der Waals surface area contributed by atoms with E-state index in [0.717, 1.165) is 49.5 Å². The number of benzene rings is 1. The maximum Gasteiger partial charge on any atom is 0.241 e. The standard InChI is InChI=1S/C23H34N6O2.HI/c1-17-21(18(2)31-27-17)14-24-23(25-15-22(30)28(3)4)26-20-10-12-29(13-11-20)16-19-8-6-5-7-9-19;/h5-9,20H,10-16H2,1-4H3,(H2,24,25,26);1H. The zero-order valence-electron chi connectivity index (χ0n) is 19.4. The first-order valence-corrected chi connectivity index (χ1v) is 10.9. The van der Waals surface area contributed by atoms with Crippen molar-refractivity contribution < 1.29 is 9.32 Å². The number of aromatic nitrogens is 1. The minimum absolute atomic E-state index is 0. The lowest BCUT2D eigenvalue weighted by atomic mass is 10.0. The normalized spacial score (nSPS) is 15.2. The smallest absolute Gasteiger partial charge is 0.241 e. The molecule has 1 fully saturated rings. The number of carbonyl (C=O) groups excluding carboxylic acids is 1. The van der Waals surface area contributed by atoms with Crippen LogP contribution in [0.3, 0.4) is 0 Å². The quantitative estimate of drug-likeness (QED) is 0.311. The number of halogens is 1. The number of nitrogens with one attached hydrogen (secondary N) is 2. The molecule has 0 radical (unpaired) electrons. The number of rotatable bonds is 7. The van der Waals surface area contributed by atoms with Gasteiger partial charge in [-0.3, -0.25) is 9.69 Å². The van der Waals surface area contributed by atoms with Gasteiger partial charge in [-0.25, -0.2) is 4.99 Å². The third kappa shape index (κ3) is 7.77. The van der Waals surface area contributed by atoms with Gasteiger partial charge in [-0.05, 0) is 32.3 Å². The number of piperidine rings is 1. The van der Waals surface area contributed by atoms with Crippen molar-refractivity contribution in [1.29, 1.82) is 0 Å². The van der Waals surface area contributed by atoms with Crippen LogP contribution in [0.15, 0.2) is 39.8 Å². The minimum atomic E-state index is 0. The second-order valence-electron chi connectivity index (χ2n) is 8.29. The molecule has 0 bridgehead atoms. The molecule has 0 spiro atoms. The van der Waals surface area contributed by atoms with Crippen LogP contribution in [0.5, 0.6) is 0 Å². The van der Waals surface area contributed by atoms with Crippen LogP contribution in [0.2, 0.25) is 0 Å². The molecule has 1 aromatic carbocycles. The van der Waals surface area contributed by atoms with E-state index in [1.54, 1.807) is 19.0 Å². The molecular weight excluding hydrogens is 519 g/mol. The number of guanidine groups is 1. The fourth-order valence-electron chi connectivity index (χ4n) is 3.63. The van der Waals surface area contributed by atoms with E-state index < -0.39 is 0 Å². The molecule has 2 heterocycles. The largest absolute Gasteiger partial charge is 0.361 e. The van der Waals surface area contributed by atoms with E-state index in [1.807, 2.05) is 13.8 Å². The van der Waals surface area contributed by atoms with Crippen LogP contribution in [0.25, 0.3) is 0 Å². The molecule has 0 aliphatic carbocycles. The lowest BCUT2D eigenvalue weighted by Gasteiger charge is -2.33. The highest BCUT2D eigenvalue weighted by atomic mass is 127. The van der Waals surface area contributed by atoms with Crippen molar-refractivity contribution >= 4 is 35.8 Å². The van der Waals surface area contributed by atoms with Crippen molar-refractivity contribution in [2.75, 3.05) is 33.7 Å². The summed E-state index contributed by atoms with van der Waals surface area (Å²) in [6.07, 6.45) is 2.06. The molecule has 0 unspecified atom stereocenters. The summed E-state index contributed by atoms with van der Waals surface area (Å²) in [5.74, 6) is 1.43. The SMILES string of the molecule is Cc1noc(C)c1CN=C(NCC(=O)N(C)C)NC1CCN(Cc2ccccc2)CC1.I. The summed E-state index contributed by atoms with van der Waals surface area (Å²) >= 11 is 0. The predicted octanol–water partition coefficient (Wildman–Crippen LogP) is 2.70. The zero-order valence-corrected chi connectivity index (χ0v) is 21.8. The van der Waals surface area contributed by atoms with Crippen molar-refractivity contribution in [3.63, 3.8) is 0 Å². The van der Waals surface area contributed by atoms with Gasteiger partial charge in [-0.1, -0.05) is 35.5 Å². The lowest BCUT2D eigenvalue weighted by molar-refractivity contribution is -0.127. The summed E-state index contributed by atoms with van der Waals surface area (Å²) in [6.45, 7) is 7.51. The lowest BCUT2D eigenvalue weighted by Crippen LogP contribution is -2.50. The third-order valence-electron chi connectivity index (χ3n) is 5.66. The van der Waals surface area contributed by atoms with Gasteiger partial charge < -0.3 is 20.1 Å². The Morgan fingerprint density at radius 1 is 1.22 bits per heavy atom. The summed E-state index contributed by atoms with van der Waals surface area (Å²) in [5.41, 5.74) is 3.18. The van der Waals surface area contributed by atoms with Crippen LogP contribution < -0.4 is 10.6 Å². The van der Waals surface area contributed by atoms with Crippen LogP contribution >= 0.6 is 24.0 Å². The molecule has 8 nitrogen and oxygen atoms in total. The van der Waals surface area contributed by atoms with E-state index in [1.165, 1.54) is 5.56 Å². The van der Waals surface area contributed by atoms with Crippen LogP contribution in [0.4, 0.5) is 0 Å². The van der Waals surface area contributed by atoms with Gasteiger partial charge in [-0.2, -0.15) is 0 Å². The van der Waals surface area contributed by atoms with Gasteiger partial charge in [0.05, 0.1) is 18.8 Å². The van der Waals surface area contributed by atoms with Crippen molar-refractivity contribution in [2.45, 2.75) is 45.8 Å². The van der Waals surface area contributed by atoms with Crippen LogP contribution in [0.1, 0.15) is 35.4 Å². The topological polar surface area (TPSA) is 86.0 Å². The monoisotopic (exact) mass is 554 g/mol. The Bertz CT molecular complexity index is 856. The molecule has 0 saturated carbocycles. The number of likely N-dealkylation sites (N-methyl/N-ethyl adjacent to an activating group) is 1. The number of hydrogen-bond donors (Lipinski definition) is 2. The number of aryl methyl sites for hydroxylation is 2. The molecule has 9 heteroatoms. The maximum atomic E-state index is 12.0. The molecule has 2 aromatic rings. The molecule has 3 rings (SSSR count). The fraction of sp³-hybridized carbons (Fsp3) is 0.522. The highest BCUT2D eigenvalue weighted by Crippen LogP contribution is 2.15. The molecular formula is C23H35IN6O2. The average molecular weight is 554 g/mol. The van der Waals surface area contributed by atoms with Gasteiger partial charge in [0.1, 0.15) is 5.76 Å². The number of amides is 1. The van der Waals surface area contributed by atoms with Crippen LogP contribution in [0, 0.1) is 13.8 Å². The molecule has 0 atom stereocenters. The first-order chi connectivity index (χ1) is 14.9. The summed E-state index contributed by atoms with van der Waals surface area (Å²) in [6, 6.07) is 10.9. The Morgan fingerprint density at radius 3 is 2.50 bits per heavy atom. The predicted molar refractivity (Wildman–Crippen MR) is 137 cm³/mol. The van der Waals surface area contributed by atoms with Gasteiger partial charge >= 0.3 is 0 Å². The molecule has 176 valence electrons. The summed E-state index contributed by atoms with van der Waals surface area (Å²) < 4.78 is 5.24. The second-order valence-corrected chi connectivity index (χ2v) is 8.29. The third-order valence-corrected chi connectivity index (χ3v) is 5.66. The van der Waals surface area contributed by atoms with Gasteiger partial charge in [0.15, 0.2) is 5.96 Å². The Balaban J connectivity index is 0.00000363. The van der Waals surface area contributed by atoms with E-state index >= 15 is 0 Å². The van der Waals surface area contributed by atoms with Crippen molar-refractivity contribution in [2.24, 2.45) is 4.99 Å². The number of likely N-dealkylation sites (tertiary alicyclic amines) is 1. The van der Waals surface area contributed by atoms with Gasteiger partial charge in [0, 0.05) is 45.3 Å². The minimum Gasteiger partial charge on any atom is -0.361 e. The van der Waals surface area contributed by atoms with Crippen molar-refractivity contribution in [1.82, 2.24) is 25.6 Å². The van der Waals surface area contributed by atoms with Crippen LogP contribution in [-0.4, -0.2) is 66.6 Å².